The summed E-state index contributed by atoms with van der Waals surface area (Å²) in [6.45, 7) is 5.98. The van der Waals surface area contributed by atoms with Crippen LogP contribution < -0.4 is 10.6 Å². The van der Waals surface area contributed by atoms with E-state index in [4.69, 9.17) is 23.2 Å². The second kappa shape index (κ2) is 8.13. The van der Waals surface area contributed by atoms with Gasteiger partial charge in [0, 0.05) is 41.1 Å². The van der Waals surface area contributed by atoms with E-state index < -0.39 is 5.92 Å². The summed E-state index contributed by atoms with van der Waals surface area (Å²) < 4.78 is 0. The fraction of sp³-hybridized carbons (Fsp3) is 0.292. The molecule has 1 amide bonds. The van der Waals surface area contributed by atoms with Gasteiger partial charge in [-0.25, -0.2) is 4.98 Å². The van der Waals surface area contributed by atoms with Gasteiger partial charge in [-0.2, -0.15) is 0 Å². The predicted molar refractivity (Wildman–Crippen MR) is 123 cm³/mol. The second-order valence-electron chi connectivity index (χ2n) is 8.74. The van der Waals surface area contributed by atoms with Crippen molar-refractivity contribution in [1.82, 2.24) is 10.3 Å². The lowest BCUT2D eigenvalue weighted by molar-refractivity contribution is -0.118. The van der Waals surface area contributed by atoms with Crippen LogP contribution in [0.5, 0.6) is 0 Å². The van der Waals surface area contributed by atoms with Crippen LogP contribution in [0.1, 0.15) is 45.1 Å². The fourth-order valence-corrected chi connectivity index (χ4v) is 4.83. The molecule has 2 aromatic rings. The van der Waals surface area contributed by atoms with Gasteiger partial charge in [-0.1, -0.05) is 55.2 Å². The monoisotopic (exact) mass is 455 g/mol. The fourth-order valence-electron chi connectivity index (χ4n) is 4.41. The Labute approximate surface area is 191 Å². The van der Waals surface area contributed by atoms with Crippen molar-refractivity contribution in [3.63, 3.8) is 0 Å². The highest BCUT2D eigenvalue weighted by molar-refractivity contribution is 6.42. The Balaban J connectivity index is 1.86. The lowest BCUT2D eigenvalue weighted by atomic mass is 9.68. The van der Waals surface area contributed by atoms with E-state index in [1.165, 1.54) is 0 Å². The number of hydrogen-bond acceptors (Lipinski definition) is 4. The zero-order valence-corrected chi connectivity index (χ0v) is 19.1. The van der Waals surface area contributed by atoms with E-state index in [0.717, 1.165) is 5.70 Å². The van der Waals surface area contributed by atoms with Gasteiger partial charge in [-0.15, -0.1) is 0 Å². The van der Waals surface area contributed by atoms with Crippen LogP contribution in [-0.4, -0.2) is 16.7 Å². The summed E-state index contributed by atoms with van der Waals surface area (Å²) >= 11 is 12.9. The molecule has 2 heterocycles. The summed E-state index contributed by atoms with van der Waals surface area (Å²) in [7, 11) is 0. The molecule has 1 aliphatic carbocycles. The van der Waals surface area contributed by atoms with Gasteiger partial charge >= 0.3 is 0 Å². The molecule has 4 rings (SSSR count). The number of amides is 1. The quantitative estimate of drug-likeness (QED) is 0.628. The number of dihydropyridines is 1. The lowest BCUT2D eigenvalue weighted by Gasteiger charge is -2.39. The van der Waals surface area contributed by atoms with Crippen LogP contribution in [0.15, 0.2) is 65.1 Å². The van der Waals surface area contributed by atoms with Crippen LogP contribution in [0.2, 0.25) is 10.0 Å². The van der Waals surface area contributed by atoms with Gasteiger partial charge in [0.05, 0.1) is 10.0 Å². The molecule has 1 aliphatic heterocycles. The maximum absolute atomic E-state index is 13.4. The van der Waals surface area contributed by atoms with Crippen molar-refractivity contribution in [1.29, 1.82) is 0 Å². The van der Waals surface area contributed by atoms with Crippen LogP contribution in [0.25, 0.3) is 0 Å². The van der Waals surface area contributed by atoms with Crippen molar-refractivity contribution in [3.05, 3.63) is 80.7 Å². The third-order valence-electron chi connectivity index (χ3n) is 5.68. The molecule has 0 fully saturated rings. The molecule has 160 valence electrons. The Hall–Kier alpha value is -2.63. The minimum Gasteiger partial charge on any atom is -0.362 e. The van der Waals surface area contributed by atoms with Gasteiger partial charge in [0.2, 0.25) is 0 Å². The summed E-state index contributed by atoms with van der Waals surface area (Å²) in [6.07, 6.45) is 2.71. The lowest BCUT2D eigenvalue weighted by Crippen LogP contribution is -2.39. The molecule has 0 bridgehead atoms. The highest BCUT2D eigenvalue weighted by Gasteiger charge is 2.43. The van der Waals surface area contributed by atoms with Crippen LogP contribution in [-0.2, 0) is 9.59 Å². The molecule has 0 unspecified atom stereocenters. The number of halogens is 2. The Bertz CT molecular complexity index is 1140. The summed E-state index contributed by atoms with van der Waals surface area (Å²) in [5, 5.41) is 6.90. The van der Waals surface area contributed by atoms with Crippen LogP contribution in [0.3, 0.4) is 0 Å². The van der Waals surface area contributed by atoms with E-state index in [0.29, 0.717) is 51.1 Å². The SMILES string of the molecule is CC1=C(C(=O)Nc2ccccn2)[C@@H](c2cccc(Cl)c2Cl)C2=C(CC(C)(C)CC2=O)N1. The number of Topliss-reactive ketones (excluding diaryl/α,β-unsaturated/α-hetero) is 1. The van der Waals surface area contributed by atoms with E-state index in [1.54, 1.807) is 36.5 Å². The van der Waals surface area contributed by atoms with Crippen molar-refractivity contribution in [2.75, 3.05) is 5.32 Å². The normalized spacial score (nSPS) is 20.3. The number of ketones is 1. The number of hydrogen-bond donors (Lipinski definition) is 2. The van der Waals surface area contributed by atoms with Crippen molar-refractivity contribution in [2.45, 2.75) is 39.5 Å². The molecule has 0 radical (unpaired) electrons. The molecule has 0 saturated heterocycles. The van der Waals surface area contributed by atoms with Crippen molar-refractivity contribution < 1.29 is 9.59 Å². The summed E-state index contributed by atoms with van der Waals surface area (Å²) in [6, 6.07) is 10.6. The van der Waals surface area contributed by atoms with Crippen LogP contribution in [0.4, 0.5) is 5.82 Å². The van der Waals surface area contributed by atoms with Crippen LogP contribution in [0, 0.1) is 5.41 Å². The first-order chi connectivity index (χ1) is 14.7. The van der Waals surface area contributed by atoms with Crippen molar-refractivity contribution >= 4 is 40.7 Å². The van der Waals surface area contributed by atoms with Gasteiger partial charge in [0.1, 0.15) is 5.82 Å². The number of benzene rings is 1. The van der Waals surface area contributed by atoms with E-state index in [1.807, 2.05) is 13.0 Å². The maximum atomic E-state index is 13.4. The Morgan fingerprint density at radius 1 is 1.16 bits per heavy atom. The first-order valence-corrected chi connectivity index (χ1v) is 10.8. The zero-order chi connectivity index (χ0) is 22.3. The molecule has 31 heavy (non-hydrogen) atoms. The molecule has 0 spiro atoms. The van der Waals surface area contributed by atoms with Crippen LogP contribution >= 0.6 is 23.2 Å². The summed E-state index contributed by atoms with van der Waals surface area (Å²) in [5.41, 5.74) is 3.01. The molecule has 1 aromatic carbocycles. The first kappa shape index (κ1) is 21.6. The summed E-state index contributed by atoms with van der Waals surface area (Å²) in [4.78, 5) is 30.9. The first-order valence-electron chi connectivity index (χ1n) is 10.1. The molecule has 2 N–H and O–H groups in total. The van der Waals surface area contributed by atoms with E-state index in [9.17, 15) is 9.59 Å². The number of allylic oxidation sites excluding steroid dienone is 3. The number of carbonyl (C=O) groups excluding carboxylic acids is 2. The topological polar surface area (TPSA) is 71.1 Å². The van der Waals surface area contributed by atoms with Gasteiger partial charge < -0.3 is 10.6 Å². The average Bonchev–Trinajstić information content (AvgIpc) is 2.68. The molecular formula is C24H23Cl2N3O2. The highest BCUT2D eigenvalue weighted by Crippen LogP contribution is 2.48. The minimum atomic E-state index is -0.616. The number of pyridine rings is 1. The van der Waals surface area contributed by atoms with Crippen molar-refractivity contribution in [3.8, 4) is 0 Å². The molecular weight excluding hydrogens is 433 g/mol. The molecule has 1 aromatic heterocycles. The number of carbonyl (C=O) groups is 2. The van der Waals surface area contributed by atoms with E-state index in [2.05, 4.69) is 29.5 Å². The summed E-state index contributed by atoms with van der Waals surface area (Å²) in [5.74, 6) is -0.515. The van der Waals surface area contributed by atoms with E-state index >= 15 is 0 Å². The third kappa shape index (κ3) is 4.12. The maximum Gasteiger partial charge on any atom is 0.255 e. The largest absolute Gasteiger partial charge is 0.362 e. The highest BCUT2D eigenvalue weighted by atomic mass is 35.5. The third-order valence-corrected chi connectivity index (χ3v) is 6.52. The molecule has 7 heteroatoms. The average molecular weight is 456 g/mol. The second-order valence-corrected chi connectivity index (χ2v) is 9.53. The number of rotatable bonds is 3. The Kier molecular flexibility index (Phi) is 5.67. The number of nitrogens with one attached hydrogen (secondary N) is 2. The molecule has 1 atom stereocenters. The van der Waals surface area contributed by atoms with E-state index in [-0.39, 0.29) is 17.1 Å². The predicted octanol–water partition coefficient (Wildman–Crippen LogP) is 5.63. The number of nitrogens with zero attached hydrogens (tertiary/aromatic N) is 1. The number of aromatic nitrogens is 1. The molecule has 0 saturated carbocycles. The standard InChI is InChI=1S/C24H23Cl2N3O2/c1-13-19(23(31)29-18-9-4-5-10-27-18)20(14-7-6-8-15(25)22(14)26)21-16(28-13)11-24(2,3)12-17(21)30/h4-10,20,28H,11-12H2,1-3H3,(H,27,29,31)/t20-/m1/s1. The molecule has 2 aliphatic rings. The van der Waals surface area contributed by atoms with Gasteiger partial charge in [-0.05, 0) is 42.5 Å². The molecule has 5 nitrogen and oxygen atoms in total. The smallest absolute Gasteiger partial charge is 0.255 e. The van der Waals surface area contributed by atoms with Crippen molar-refractivity contribution in [2.24, 2.45) is 5.41 Å². The number of anilines is 1. The van der Waals surface area contributed by atoms with Gasteiger partial charge in [0.15, 0.2) is 5.78 Å². The Morgan fingerprint density at radius 3 is 2.65 bits per heavy atom. The van der Waals surface area contributed by atoms with Gasteiger partial charge in [-0.3, -0.25) is 9.59 Å². The minimum absolute atomic E-state index is 0.00966. The Morgan fingerprint density at radius 2 is 1.94 bits per heavy atom. The van der Waals surface area contributed by atoms with Gasteiger partial charge in [0.25, 0.3) is 5.91 Å². The zero-order valence-electron chi connectivity index (χ0n) is 17.6.